The first-order chi connectivity index (χ1) is 10.4. The van der Waals surface area contributed by atoms with Gasteiger partial charge < -0.3 is 10.1 Å². The normalized spacial score (nSPS) is 10.5. The predicted octanol–water partition coefficient (Wildman–Crippen LogP) is 3.94. The van der Waals surface area contributed by atoms with Gasteiger partial charge in [-0.15, -0.1) is 0 Å². The molecule has 0 bridgehead atoms. The van der Waals surface area contributed by atoms with E-state index in [0.29, 0.717) is 0 Å². The van der Waals surface area contributed by atoms with Gasteiger partial charge in [-0.1, -0.05) is 31.9 Å². The first kappa shape index (κ1) is 15.5. The summed E-state index contributed by atoms with van der Waals surface area (Å²) < 4.78 is 5.71. The number of hydrogen-bond donors (Lipinski definition) is 1. The lowest BCUT2D eigenvalue weighted by molar-refractivity contribution is 0.306. The lowest BCUT2D eigenvalue weighted by Crippen LogP contribution is -2.12. The van der Waals surface area contributed by atoms with Crippen LogP contribution in [0.25, 0.3) is 0 Å². The van der Waals surface area contributed by atoms with Crippen molar-refractivity contribution >= 4 is 0 Å². The van der Waals surface area contributed by atoms with Gasteiger partial charge in [0.15, 0.2) is 0 Å². The highest BCUT2D eigenvalue weighted by Gasteiger charge is 1.97. The summed E-state index contributed by atoms with van der Waals surface area (Å²) in [6.45, 7) is 4.73. The molecule has 0 radical (unpaired) electrons. The summed E-state index contributed by atoms with van der Waals surface area (Å²) >= 11 is 0. The van der Waals surface area contributed by atoms with Gasteiger partial charge in [0.25, 0.3) is 0 Å². The standard InChI is InChI=1S/C18H24N2O/c1-2-3-4-13-21-18-7-5-16(6-8-18)14-20-15-17-9-11-19-12-10-17/h5-12,20H,2-4,13-15H2,1H3. The van der Waals surface area contributed by atoms with Crippen LogP contribution in [0.2, 0.25) is 0 Å². The number of rotatable bonds is 9. The van der Waals surface area contributed by atoms with Gasteiger partial charge in [0, 0.05) is 25.5 Å². The van der Waals surface area contributed by atoms with Crippen LogP contribution in [0, 0.1) is 0 Å². The van der Waals surface area contributed by atoms with Gasteiger partial charge in [-0.25, -0.2) is 0 Å². The van der Waals surface area contributed by atoms with Crippen LogP contribution in [-0.4, -0.2) is 11.6 Å². The Morgan fingerprint density at radius 2 is 1.57 bits per heavy atom. The smallest absolute Gasteiger partial charge is 0.119 e. The zero-order valence-corrected chi connectivity index (χ0v) is 12.7. The average molecular weight is 284 g/mol. The molecule has 2 rings (SSSR count). The number of nitrogens with one attached hydrogen (secondary N) is 1. The lowest BCUT2D eigenvalue weighted by Gasteiger charge is -2.08. The minimum Gasteiger partial charge on any atom is -0.494 e. The Bertz CT molecular complexity index is 496. The van der Waals surface area contributed by atoms with Crippen molar-refractivity contribution in [3.05, 3.63) is 59.9 Å². The molecule has 0 aliphatic heterocycles. The van der Waals surface area contributed by atoms with Gasteiger partial charge >= 0.3 is 0 Å². The molecule has 3 heteroatoms. The first-order valence-corrected chi connectivity index (χ1v) is 7.70. The maximum Gasteiger partial charge on any atom is 0.119 e. The monoisotopic (exact) mass is 284 g/mol. The van der Waals surface area contributed by atoms with Gasteiger partial charge in [0.1, 0.15) is 5.75 Å². The summed E-state index contributed by atoms with van der Waals surface area (Å²) in [5.41, 5.74) is 2.52. The molecule has 0 atom stereocenters. The fraction of sp³-hybridized carbons (Fsp3) is 0.389. The summed E-state index contributed by atoms with van der Waals surface area (Å²) in [7, 11) is 0. The second kappa shape index (κ2) is 9.14. The van der Waals surface area contributed by atoms with Gasteiger partial charge in [-0.2, -0.15) is 0 Å². The van der Waals surface area contributed by atoms with Crippen molar-refractivity contribution < 1.29 is 4.74 Å². The van der Waals surface area contributed by atoms with Crippen molar-refractivity contribution in [1.82, 2.24) is 10.3 Å². The highest BCUT2D eigenvalue weighted by atomic mass is 16.5. The van der Waals surface area contributed by atoms with E-state index in [0.717, 1.165) is 31.9 Å². The summed E-state index contributed by atoms with van der Waals surface area (Å²) in [5.74, 6) is 0.962. The van der Waals surface area contributed by atoms with Crippen LogP contribution in [-0.2, 0) is 13.1 Å². The van der Waals surface area contributed by atoms with Crippen LogP contribution in [0.4, 0.5) is 0 Å². The number of unbranched alkanes of at least 4 members (excludes halogenated alkanes) is 2. The Hall–Kier alpha value is -1.87. The third-order valence-corrected chi connectivity index (χ3v) is 3.35. The molecular weight excluding hydrogens is 260 g/mol. The van der Waals surface area contributed by atoms with Gasteiger partial charge in [0.2, 0.25) is 0 Å². The number of benzene rings is 1. The molecule has 1 N–H and O–H groups in total. The van der Waals surface area contributed by atoms with Gasteiger partial charge in [-0.05, 0) is 41.8 Å². The zero-order chi connectivity index (χ0) is 14.8. The third-order valence-electron chi connectivity index (χ3n) is 3.35. The molecule has 3 nitrogen and oxygen atoms in total. The Balaban J connectivity index is 1.69. The fourth-order valence-electron chi connectivity index (χ4n) is 2.10. The Kier molecular flexibility index (Phi) is 6.75. The topological polar surface area (TPSA) is 34.1 Å². The first-order valence-electron chi connectivity index (χ1n) is 7.70. The van der Waals surface area contributed by atoms with E-state index in [1.54, 1.807) is 0 Å². The maximum atomic E-state index is 5.71. The molecule has 2 aromatic rings. The van der Waals surface area contributed by atoms with Gasteiger partial charge in [0.05, 0.1) is 6.61 Å². The molecule has 1 aromatic carbocycles. The number of ether oxygens (including phenoxy) is 1. The molecule has 1 aromatic heterocycles. The Morgan fingerprint density at radius 3 is 2.24 bits per heavy atom. The molecule has 0 aliphatic rings. The van der Waals surface area contributed by atoms with Crippen LogP contribution >= 0.6 is 0 Å². The summed E-state index contributed by atoms with van der Waals surface area (Å²) in [5, 5.41) is 3.43. The van der Waals surface area contributed by atoms with E-state index in [1.807, 2.05) is 24.5 Å². The van der Waals surface area contributed by atoms with E-state index in [4.69, 9.17) is 4.74 Å². The molecule has 0 unspecified atom stereocenters. The average Bonchev–Trinajstić information content (AvgIpc) is 2.54. The van der Waals surface area contributed by atoms with E-state index in [-0.39, 0.29) is 0 Å². The molecule has 0 amide bonds. The summed E-state index contributed by atoms with van der Waals surface area (Å²) in [4.78, 5) is 4.02. The number of pyridine rings is 1. The van der Waals surface area contributed by atoms with Crippen molar-refractivity contribution in [2.45, 2.75) is 39.3 Å². The minimum absolute atomic E-state index is 0.813. The zero-order valence-electron chi connectivity index (χ0n) is 12.7. The van der Waals surface area contributed by atoms with Crippen molar-refractivity contribution in [1.29, 1.82) is 0 Å². The molecule has 21 heavy (non-hydrogen) atoms. The molecule has 0 aliphatic carbocycles. The fourth-order valence-corrected chi connectivity index (χ4v) is 2.10. The molecule has 0 spiro atoms. The number of hydrogen-bond acceptors (Lipinski definition) is 3. The van der Waals surface area contributed by atoms with Crippen molar-refractivity contribution in [3.8, 4) is 5.75 Å². The molecular formula is C18H24N2O. The molecule has 1 heterocycles. The van der Waals surface area contributed by atoms with Crippen LogP contribution < -0.4 is 10.1 Å². The lowest BCUT2D eigenvalue weighted by atomic mass is 10.2. The highest BCUT2D eigenvalue weighted by molar-refractivity contribution is 5.27. The van der Waals surface area contributed by atoms with E-state index in [9.17, 15) is 0 Å². The second-order valence-corrected chi connectivity index (χ2v) is 5.16. The van der Waals surface area contributed by atoms with Crippen LogP contribution in [0.5, 0.6) is 5.75 Å². The van der Waals surface area contributed by atoms with E-state index in [2.05, 4.69) is 41.5 Å². The van der Waals surface area contributed by atoms with Gasteiger partial charge in [-0.3, -0.25) is 4.98 Å². The van der Waals surface area contributed by atoms with Crippen molar-refractivity contribution in [2.24, 2.45) is 0 Å². The highest BCUT2D eigenvalue weighted by Crippen LogP contribution is 2.13. The number of aromatic nitrogens is 1. The summed E-state index contributed by atoms with van der Waals surface area (Å²) in [6, 6.07) is 12.4. The maximum absolute atomic E-state index is 5.71. The van der Waals surface area contributed by atoms with Crippen LogP contribution in [0.15, 0.2) is 48.8 Å². The molecule has 112 valence electrons. The quantitative estimate of drug-likeness (QED) is 0.708. The largest absolute Gasteiger partial charge is 0.494 e. The van der Waals surface area contributed by atoms with Crippen LogP contribution in [0.3, 0.4) is 0 Å². The Morgan fingerprint density at radius 1 is 0.905 bits per heavy atom. The Labute approximate surface area is 127 Å². The third kappa shape index (κ3) is 5.96. The molecule has 0 saturated heterocycles. The van der Waals surface area contributed by atoms with E-state index >= 15 is 0 Å². The molecule has 0 fully saturated rings. The second-order valence-electron chi connectivity index (χ2n) is 5.16. The molecule has 0 saturated carbocycles. The summed E-state index contributed by atoms with van der Waals surface area (Å²) in [6.07, 6.45) is 7.23. The van der Waals surface area contributed by atoms with Crippen molar-refractivity contribution in [2.75, 3.05) is 6.61 Å². The van der Waals surface area contributed by atoms with Crippen molar-refractivity contribution in [3.63, 3.8) is 0 Å². The van der Waals surface area contributed by atoms with E-state index in [1.165, 1.54) is 24.0 Å². The number of nitrogens with zero attached hydrogens (tertiary/aromatic N) is 1. The predicted molar refractivity (Wildman–Crippen MR) is 86.2 cm³/mol. The van der Waals surface area contributed by atoms with E-state index < -0.39 is 0 Å². The SMILES string of the molecule is CCCCCOc1ccc(CNCc2ccncc2)cc1. The minimum atomic E-state index is 0.813. The van der Waals surface area contributed by atoms with Crippen LogP contribution in [0.1, 0.15) is 37.3 Å².